The molecule has 1 saturated heterocycles. The van der Waals surface area contributed by atoms with Gasteiger partial charge in [0.1, 0.15) is 24.4 Å². The summed E-state index contributed by atoms with van der Waals surface area (Å²) in [6.45, 7) is 3.56. The number of hydrogen-bond donors (Lipinski definition) is 6. The van der Waals surface area contributed by atoms with Gasteiger partial charge in [-0.05, 0) is 70.6 Å². The number of unbranched alkanes of at least 4 members (excludes halogenated alkanes) is 10. The minimum atomic E-state index is -1.57. The Kier molecular flexibility index (Phi) is 31.9. The van der Waals surface area contributed by atoms with E-state index in [1.807, 2.05) is 6.08 Å². The molecule has 9 nitrogen and oxygen atoms in total. The van der Waals surface area contributed by atoms with Crippen molar-refractivity contribution in [3.05, 3.63) is 85.1 Å². The monoisotopic (exact) mass is 758 g/mol. The lowest BCUT2D eigenvalue weighted by Gasteiger charge is -2.40. The van der Waals surface area contributed by atoms with Gasteiger partial charge in [0.2, 0.25) is 5.91 Å². The van der Waals surface area contributed by atoms with Gasteiger partial charge >= 0.3 is 0 Å². The van der Waals surface area contributed by atoms with Gasteiger partial charge in [-0.15, -0.1) is 0 Å². The van der Waals surface area contributed by atoms with Gasteiger partial charge in [-0.2, -0.15) is 0 Å². The summed E-state index contributed by atoms with van der Waals surface area (Å²) in [7, 11) is 0. The molecule has 1 fully saturated rings. The first-order chi connectivity index (χ1) is 26.3. The molecular formula is C45H75NO8. The SMILES string of the molecule is CC/C=C\C/C=C\C/C=C\C/C=C\C/C=C\C/C=C\CCCCCCC(=O)NC(COC1OC(CO)C(O)C(O)C1O)C(O)/C=C/CCCCCCCC. The number of allylic oxidation sites excluding steroid dienone is 13. The normalized spacial score (nSPS) is 22.4. The predicted octanol–water partition coefficient (Wildman–Crippen LogP) is 7.99. The molecule has 54 heavy (non-hydrogen) atoms. The third kappa shape index (κ3) is 25.4. The summed E-state index contributed by atoms with van der Waals surface area (Å²) in [5.41, 5.74) is 0. The van der Waals surface area contributed by atoms with Crippen molar-refractivity contribution < 1.29 is 39.8 Å². The van der Waals surface area contributed by atoms with Crippen LogP contribution in [0.4, 0.5) is 0 Å². The van der Waals surface area contributed by atoms with Crippen LogP contribution in [0, 0.1) is 0 Å². The molecule has 0 radical (unpaired) electrons. The maximum Gasteiger partial charge on any atom is 0.220 e. The van der Waals surface area contributed by atoms with E-state index in [1.165, 1.54) is 25.7 Å². The van der Waals surface area contributed by atoms with Crippen LogP contribution >= 0.6 is 0 Å². The molecular weight excluding hydrogens is 682 g/mol. The average molecular weight is 758 g/mol. The van der Waals surface area contributed by atoms with Crippen molar-refractivity contribution >= 4 is 5.91 Å². The molecule has 1 heterocycles. The maximum absolute atomic E-state index is 12.9. The molecule has 1 amide bonds. The van der Waals surface area contributed by atoms with Gasteiger partial charge in [-0.1, -0.05) is 144 Å². The Morgan fingerprint density at radius 2 is 1.15 bits per heavy atom. The van der Waals surface area contributed by atoms with Gasteiger partial charge in [0.05, 0.1) is 25.4 Å². The zero-order chi connectivity index (χ0) is 39.5. The van der Waals surface area contributed by atoms with Crippen molar-refractivity contribution in [2.75, 3.05) is 13.2 Å². The molecule has 9 heteroatoms. The van der Waals surface area contributed by atoms with E-state index in [-0.39, 0.29) is 12.5 Å². The van der Waals surface area contributed by atoms with E-state index in [2.05, 4.69) is 92.1 Å². The molecule has 0 aromatic rings. The van der Waals surface area contributed by atoms with E-state index < -0.39 is 49.5 Å². The Balaban J connectivity index is 2.35. The van der Waals surface area contributed by atoms with Crippen LogP contribution in [0.5, 0.6) is 0 Å². The lowest BCUT2D eigenvalue weighted by atomic mass is 9.99. The van der Waals surface area contributed by atoms with E-state index in [1.54, 1.807) is 6.08 Å². The Labute approximate surface area is 327 Å². The van der Waals surface area contributed by atoms with Crippen LogP contribution in [0.3, 0.4) is 0 Å². The first kappa shape index (κ1) is 49.4. The molecule has 0 aromatic heterocycles. The number of aliphatic hydroxyl groups is 5. The number of rotatable bonds is 32. The largest absolute Gasteiger partial charge is 0.394 e. The molecule has 6 N–H and O–H groups in total. The second kappa shape index (κ2) is 34.8. The van der Waals surface area contributed by atoms with Crippen molar-refractivity contribution in [3.8, 4) is 0 Å². The molecule has 0 spiro atoms. The lowest BCUT2D eigenvalue weighted by Crippen LogP contribution is -2.60. The molecule has 1 aliphatic rings. The van der Waals surface area contributed by atoms with Crippen LogP contribution in [0.15, 0.2) is 85.1 Å². The number of nitrogens with one attached hydrogen (secondary N) is 1. The predicted molar refractivity (Wildman–Crippen MR) is 221 cm³/mol. The summed E-state index contributed by atoms with van der Waals surface area (Å²) in [6, 6.07) is -0.821. The van der Waals surface area contributed by atoms with Gasteiger partial charge in [-0.25, -0.2) is 0 Å². The van der Waals surface area contributed by atoms with Gasteiger partial charge in [0, 0.05) is 6.42 Å². The van der Waals surface area contributed by atoms with Crippen LogP contribution in [0.2, 0.25) is 0 Å². The average Bonchev–Trinajstić information content (AvgIpc) is 3.17. The van der Waals surface area contributed by atoms with Crippen LogP contribution in [0.25, 0.3) is 0 Å². The third-order valence-corrected chi connectivity index (χ3v) is 9.23. The second-order valence-corrected chi connectivity index (χ2v) is 14.0. The van der Waals surface area contributed by atoms with Crippen LogP contribution in [-0.2, 0) is 14.3 Å². The number of hydrogen-bond acceptors (Lipinski definition) is 8. The third-order valence-electron chi connectivity index (χ3n) is 9.23. The fourth-order valence-corrected chi connectivity index (χ4v) is 5.86. The Morgan fingerprint density at radius 3 is 1.70 bits per heavy atom. The summed E-state index contributed by atoms with van der Waals surface area (Å²) in [5, 5.41) is 53.8. The van der Waals surface area contributed by atoms with Gasteiger partial charge in [-0.3, -0.25) is 4.79 Å². The van der Waals surface area contributed by atoms with Crippen molar-refractivity contribution in [2.45, 2.75) is 179 Å². The molecule has 7 atom stereocenters. The minimum Gasteiger partial charge on any atom is -0.394 e. The molecule has 1 rings (SSSR count). The van der Waals surface area contributed by atoms with Crippen molar-refractivity contribution in [2.24, 2.45) is 0 Å². The summed E-state index contributed by atoms with van der Waals surface area (Å²) in [6.07, 6.45) is 40.7. The standard InChI is InChI=1S/C45H75NO8/c1-3-5-7-9-11-13-14-15-16-17-18-19-20-21-22-23-24-25-26-27-29-31-33-35-41(49)46-38(39(48)34-32-30-28-12-10-8-6-4-2)37-53-45-44(52)43(51)42(50)40(36-47)54-45/h5,7,11,13,15-16,18-19,21-22,24-25,32,34,38-40,42-45,47-48,50-52H,3-4,6,8-10,12,14,17,20,23,26-31,33,35-37H2,1-2H3,(H,46,49)/b7-5-,13-11-,16-15-,19-18-,22-21-,25-24-,34-32+. The van der Waals surface area contributed by atoms with Gasteiger partial charge < -0.3 is 40.3 Å². The number of aliphatic hydroxyl groups excluding tert-OH is 5. The molecule has 1 aliphatic heterocycles. The van der Waals surface area contributed by atoms with Crippen molar-refractivity contribution in [1.29, 1.82) is 0 Å². The van der Waals surface area contributed by atoms with Crippen molar-refractivity contribution in [3.63, 3.8) is 0 Å². The Bertz CT molecular complexity index is 1110. The van der Waals surface area contributed by atoms with Gasteiger partial charge in [0.15, 0.2) is 6.29 Å². The van der Waals surface area contributed by atoms with E-state index in [9.17, 15) is 30.3 Å². The first-order valence-corrected chi connectivity index (χ1v) is 20.8. The first-order valence-electron chi connectivity index (χ1n) is 20.8. The number of carbonyl (C=O) groups is 1. The highest BCUT2D eigenvalue weighted by molar-refractivity contribution is 5.76. The smallest absolute Gasteiger partial charge is 0.220 e. The Morgan fingerprint density at radius 1 is 0.648 bits per heavy atom. The Hall–Kier alpha value is -2.63. The number of carbonyl (C=O) groups excluding carboxylic acids is 1. The summed E-state index contributed by atoms with van der Waals surface area (Å²) in [4.78, 5) is 12.9. The summed E-state index contributed by atoms with van der Waals surface area (Å²) >= 11 is 0. The van der Waals surface area contributed by atoms with Crippen LogP contribution in [0.1, 0.15) is 136 Å². The highest BCUT2D eigenvalue weighted by Crippen LogP contribution is 2.22. The van der Waals surface area contributed by atoms with Crippen molar-refractivity contribution in [1.82, 2.24) is 5.32 Å². The zero-order valence-corrected chi connectivity index (χ0v) is 33.4. The van der Waals surface area contributed by atoms with E-state index >= 15 is 0 Å². The summed E-state index contributed by atoms with van der Waals surface area (Å²) in [5.74, 6) is -0.210. The molecule has 308 valence electrons. The highest BCUT2D eigenvalue weighted by Gasteiger charge is 2.44. The van der Waals surface area contributed by atoms with Crippen LogP contribution < -0.4 is 5.32 Å². The van der Waals surface area contributed by atoms with E-state index in [0.29, 0.717) is 6.42 Å². The van der Waals surface area contributed by atoms with E-state index in [4.69, 9.17) is 9.47 Å². The van der Waals surface area contributed by atoms with Gasteiger partial charge in [0.25, 0.3) is 0 Å². The molecule has 7 unspecified atom stereocenters. The lowest BCUT2D eigenvalue weighted by molar-refractivity contribution is -0.302. The van der Waals surface area contributed by atoms with Crippen LogP contribution in [-0.4, -0.2) is 87.5 Å². The zero-order valence-electron chi connectivity index (χ0n) is 33.4. The minimum absolute atomic E-state index is 0.205. The molecule has 0 saturated carbocycles. The summed E-state index contributed by atoms with van der Waals surface area (Å²) < 4.78 is 11.1. The maximum atomic E-state index is 12.9. The second-order valence-electron chi connectivity index (χ2n) is 14.0. The number of ether oxygens (including phenoxy) is 2. The molecule has 0 aliphatic carbocycles. The quantitative estimate of drug-likeness (QED) is 0.0299. The fourth-order valence-electron chi connectivity index (χ4n) is 5.86. The topological polar surface area (TPSA) is 149 Å². The molecule has 0 aromatic carbocycles. The highest BCUT2D eigenvalue weighted by atomic mass is 16.7. The fraction of sp³-hybridized carbons (Fsp3) is 0.667. The molecule has 0 bridgehead atoms. The van der Waals surface area contributed by atoms with E-state index in [0.717, 1.165) is 89.9 Å². The number of amides is 1.